The Kier molecular flexibility index (Phi) is 5.67. The van der Waals surface area contributed by atoms with E-state index in [1.807, 2.05) is 25.1 Å². The second-order valence-corrected chi connectivity index (χ2v) is 3.35. The van der Waals surface area contributed by atoms with Crippen LogP contribution in [0.25, 0.3) is 0 Å². The highest BCUT2D eigenvalue weighted by atomic mass is 16.5. The molecule has 0 saturated heterocycles. The first-order valence-corrected chi connectivity index (χ1v) is 5.53. The van der Waals surface area contributed by atoms with E-state index in [4.69, 9.17) is 15.2 Å². The first-order chi connectivity index (χ1) is 7.83. The fourth-order valence-corrected chi connectivity index (χ4v) is 1.53. The van der Waals surface area contributed by atoms with Crippen LogP contribution in [0.2, 0.25) is 0 Å². The van der Waals surface area contributed by atoms with Crippen molar-refractivity contribution in [2.24, 2.45) is 5.73 Å². The SMILES string of the molecule is CCOc1cccc(CNCCN)c1OC. The van der Waals surface area contributed by atoms with E-state index < -0.39 is 0 Å². The second kappa shape index (κ2) is 7.09. The van der Waals surface area contributed by atoms with E-state index in [1.54, 1.807) is 7.11 Å². The monoisotopic (exact) mass is 224 g/mol. The van der Waals surface area contributed by atoms with Gasteiger partial charge in [-0.3, -0.25) is 0 Å². The summed E-state index contributed by atoms with van der Waals surface area (Å²) >= 11 is 0. The Balaban J connectivity index is 2.77. The van der Waals surface area contributed by atoms with Crippen molar-refractivity contribution in [3.8, 4) is 11.5 Å². The van der Waals surface area contributed by atoms with E-state index >= 15 is 0 Å². The van der Waals surface area contributed by atoms with Gasteiger partial charge >= 0.3 is 0 Å². The molecule has 0 aliphatic heterocycles. The molecule has 1 rings (SSSR count). The second-order valence-electron chi connectivity index (χ2n) is 3.35. The van der Waals surface area contributed by atoms with Gasteiger partial charge in [0.15, 0.2) is 11.5 Å². The molecule has 0 unspecified atom stereocenters. The molecule has 0 bridgehead atoms. The van der Waals surface area contributed by atoms with E-state index in [0.29, 0.717) is 13.2 Å². The molecule has 4 nitrogen and oxygen atoms in total. The molecule has 16 heavy (non-hydrogen) atoms. The van der Waals surface area contributed by atoms with Crippen LogP contribution in [0, 0.1) is 0 Å². The highest BCUT2D eigenvalue weighted by molar-refractivity contribution is 5.46. The molecule has 0 atom stereocenters. The molecule has 4 heteroatoms. The van der Waals surface area contributed by atoms with Crippen LogP contribution in [0.3, 0.4) is 0 Å². The van der Waals surface area contributed by atoms with E-state index in [0.717, 1.165) is 30.2 Å². The smallest absolute Gasteiger partial charge is 0.165 e. The van der Waals surface area contributed by atoms with Crippen molar-refractivity contribution in [2.45, 2.75) is 13.5 Å². The molecule has 0 spiro atoms. The van der Waals surface area contributed by atoms with Gasteiger partial charge in [-0.25, -0.2) is 0 Å². The van der Waals surface area contributed by atoms with Gasteiger partial charge in [0.2, 0.25) is 0 Å². The maximum atomic E-state index is 5.50. The number of nitrogens with two attached hydrogens (primary N) is 1. The molecule has 0 aliphatic rings. The van der Waals surface area contributed by atoms with Crippen LogP contribution in [0.1, 0.15) is 12.5 Å². The Morgan fingerprint density at radius 2 is 2.19 bits per heavy atom. The molecule has 90 valence electrons. The fraction of sp³-hybridized carbons (Fsp3) is 0.500. The molecule has 0 saturated carbocycles. The summed E-state index contributed by atoms with van der Waals surface area (Å²) < 4.78 is 10.9. The average Bonchev–Trinajstić information content (AvgIpc) is 2.30. The minimum atomic E-state index is 0.632. The molecule has 0 amide bonds. The molecule has 0 aliphatic carbocycles. The summed E-state index contributed by atoms with van der Waals surface area (Å²) in [5.41, 5.74) is 6.51. The van der Waals surface area contributed by atoms with Crippen LogP contribution in [0.5, 0.6) is 11.5 Å². The lowest BCUT2D eigenvalue weighted by Gasteiger charge is -2.13. The maximum Gasteiger partial charge on any atom is 0.165 e. The van der Waals surface area contributed by atoms with Crippen molar-refractivity contribution in [3.63, 3.8) is 0 Å². The highest BCUT2D eigenvalue weighted by Crippen LogP contribution is 2.30. The number of benzene rings is 1. The van der Waals surface area contributed by atoms with Crippen molar-refractivity contribution >= 4 is 0 Å². The summed E-state index contributed by atoms with van der Waals surface area (Å²) in [6.45, 7) is 4.76. The van der Waals surface area contributed by atoms with Gasteiger partial charge in [0, 0.05) is 25.2 Å². The van der Waals surface area contributed by atoms with Gasteiger partial charge in [-0.1, -0.05) is 12.1 Å². The molecule has 0 aromatic heterocycles. The third-order valence-electron chi connectivity index (χ3n) is 2.20. The topological polar surface area (TPSA) is 56.5 Å². The first-order valence-electron chi connectivity index (χ1n) is 5.53. The van der Waals surface area contributed by atoms with E-state index in [2.05, 4.69) is 5.32 Å². The van der Waals surface area contributed by atoms with Crippen molar-refractivity contribution in [2.75, 3.05) is 26.8 Å². The van der Waals surface area contributed by atoms with Gasteiger partial charge in [0.05, 0.1) is 13.7 Å². The summed E-state index contributed by atoms with van der Waals surface area (Å²) in [7, 11) is 1.66. The Labute approximate surface area is 96.7 Å². The van der Waals surface area contributed by atoms with Gasteiger partial charge < -0.3 is 20.5 Å². The standard InChI is InChI=1S/C12H20N2O2/c1-3-16-11-6-4-5-10(12(11)15-2)9-14-8-7-13/h4-6,14H,3,7-9,13H2,1-2H3. The Morgan fingerprint density at radius 3 is 2.81 bits per heavy atom. The summed E-state index contributed by atoms with van der Waals surface area (Å²) in [6.07, 6.45) is 0. The minimum absolute atomic E-state index is 0.632. The van der Waals surface area contributed by atoms with Gasteiger partial charge in [-0.05, 0) is 13.0 Å². The molecular weight excluding hydrogens is 204 g/mol. The lowest BCUT2D eigenvalue weighted by atomic mass is 10.2. The highest BCUT2D eigenvalue weighted by Gasteiger charge is 2.08. The van der Waals surface area contributed by atoms with Crippen LogP contribution in [0.4, 0.5) is 0 Å². The number of ether oxygens (including phenoxy) is 2. The maximum absolute atomic E-state index is 5.50. The van der Waals surface area contributed by atoms with Crippen molar-refractivity contribution in [1.82, 2.24) is 5.32 Å². The molecule has 0 radical (unpaired) electrons. The van der Waals surface area contributed by atoms with E-state index in [1.165, 1.54) is 0 Å². The van der Waals surface area contributed by atoms with Crippen LogP contribution in [0.15, 0.2) is 18.2 Å². The van der Waals surface area contributed by atoms with Gasteiger partial charge in [0.1, 0.15) is 0 Å². The van der Waals surface area contributed by atoms with Crippen LogP contribution < -0.4 is 20.5 Å². The van der Waals surface area contributed by atoms with Crippen molar-refractivity contribution in [1.29, 1.82) is 0 Å². The quantitative estimate of drug-likeness (QED) is 0.682. The molecule has 3 N–H and O–H groups in total. The molecular formula is C12H20N2O2. The number of para-hydroxylation sites is 1. The zero-order valence-corrected chi connectivity index (χ0v) is 9.95. The Bertz CT molecular complexity index is 316. The van der Waals surface area contributed by atoms with Crippen LogP contribution in [-0.4, -0.2) is 26.8 Å². The molecule has 0 heterocycles. The van der Waals surface area contributed by atoms with Gasteiger partial charge in [-0.2, -0.15) is 0 Å². The molecule has 0 fully saturated rings. The Hall–Kier alpha value is -1.26. The number of methoxy groups -OCH3 is 1. The number of rotatable bonds is 7. The van der Waals surface area contributed by atoms with E-state index in [9.17, 15) is 0 Å². The zero-order valence-electron chi connectivity index (χ0n) is 9.95. The minimum Gasteiger partial charge on any atom is -0.493 e. The molecule has 1 aromatic carbocycles. The predicted octanol–water partition coefficient (Wildman–Crippen LogP) is 1.14. The summed E-state index contributed by atoms with van der Waals surface area (Å²) in [5.74, 6) is 1.59. The third kappa shape index (κ3) is 3.40. The lowest BCUT2D eigenvalue weighted by molar-refractivity contribution is 0.308. The summed E-state index contributed by atoms with van der Waals surface area (Å²) in [5, 5.41) is 3.23. The predicted molar refractivity (Wildman–Crippen MR) is 64.9 cm³/mol. The Morgan fingerprint density at radius 1 is 1.38 bits per heavy atom. The zero-order chi connectivity index (χ0) is 11.8. The van der Waals surface area contributed by atoms with E-state index in [-0.39, 0.29) is 0 Å². The van der Waals surface area contributed by atoms with Crippen molar-refractivity contribution in [3.05, 3.63) is 23.8 Å². The first kappa shape index (κ1) is 12.8. The summed E-state index contributed by atoms with van der Waals surface area (Å²) in [4.78, 5) is 0. The fourth-order valence-electron chi connectivity index (χ4n) is 1.53. The van der Waals surface area contributed by atoms with Gasteiger partial charge in [-0.15, -0.1) is 0 Å². The average molecular weight is 224 g/mol. The third-order valence-corrected chi connectivity index (χ3v) is 2.20. The normalized spacial score (nSPS) is 10.2. The molecule has 1 aromatic rings. The number of hydrogen-bond acceptors (Lipinski definition) is 4. The number of hydrogen-bond donors (Lipinski definition) is 2. The van der Waals surface area contributed by atoms with Crippen LogP contribution >= 0.6 is 0 Å². The van der Waals surface area contributed by atoms with Gasteiger partial charge in [0.25, 0.3) is 0 Å². The van der Waals surface area contributed by atoms with Crippen molar-refractivity contribution < 1.29 is 9.47 Å². The lowest BCUT2D eigenvalue weighted by Crippen LogP contribution is -2.22. The number of nitrogens with one attached hydrogen (secondary N) is 1. The largest absolute Gasteiger partial charge is 0.493 e. The summed E-state index contributed by atoms with van der Waals surface area (Å²) in [6, 6.07) is 5.90. The van der Waals surface area contributed by atoms with Crippen LogP contribution in [-0.2, 0) is 6.54 Å².